The molecule has 0 aromatic heterocycles. The number of ether oxygens (including phenoxy) is 1. The molecule has 6 nitrogen and oxygen atoms in total. The molecule has 124 valence electrons. The number of nitrogens with zero attached hydrogens (tertiary/aromatic N) is 3. The van der Waals surface area contributed by atoms with Crippen molar-refractivity contribution in [2.75, 3.05) is 46.4 Å². The number of likely N-dealkylation sites (N-methyl/N-ethyl adjacent to an activating group) is 2. The molecule has 6 heteroatoms. The number of piperazine rings is 1. The van der Waals surface area contributed by atoms with Gasteiger partial charge in [-0.05, 0) is 39.7 Å². The van der Waals surface area contributed by atoms with Crippen LogP contribution in [0.5, 0.6) is 0 Å². The van der Waals surface area contributed by atoms with E-state index in [1.54, 1.807) is 0 Å². The molecule has 0 aromatic rings. The van der Waals surface area contributed by atoms with Crippen molar-refractivity contribution in [2.24, 2.45) is 0 Å². The van der Waals surface area contributed by atoms with Crippen molar-refractivity contribution in [3.63, 3.8) is 0 Å². The maximum absolute atomic E-state index is 12.8. The van der Waals surface area contributed by atoms with Crippen LogP contribution in [-0.2, 0) is 14.3 Å². The van der Waals surface area contributed by atoms with Crippen LogP contribution in [0.15, 0.2) is 0 Å². The molecule has 1 atom stereocenters. The summed E-state index contributed by atoms with van der Waals surface area (Å²) < 4.78 is 5.50. The van der Waals surface area contributed by atoms with E-state index in [4.69, 9.17) is 4.74 Å². The third-order valence-electron chi connectivity index (χ3n) is 5.61. The van der Waals surface area contributed by atoms with Crippen LogP contribution in [0.25, 0.3) is 0 Å². The fraction of sp³-hybridized carbons (Fsp3) is 0.875. The van der Waals surface area contributed by atoms with E-state index >= 15 is 0 Å². The number of piperidine rings is 1. The van der Waals surface area contributed by atoms with Gasteiger partial charge in [0.15, 0.2) is 0 Å². The Morgan fingerprint density at radius 2 is 2.00 bits per heavy atom. The molecule has 0 aliphatic carbocycles. The number of hydrogen-bond acceptors (Lipinski definition) is 4. The van der Waals surface area contributed by atoms with E-state index < -0.39 is 5.54 Å². The van der Waals surface area contributed by atoms with Gasteiger partial charge in [-0.25, -0.2) is 0 Å². The smallest absolute Gasteiger partial charge is 0.251 e. The summed E-state index contributed by atoms with van der Waals surface area (Å²) in [7, 11) is 2.04. The number of carbonyl (C=O) groups excluding carboxylic acids is 2. The minimum atomic E-state index is -0.401. The van der Waals surface area contributed by atoms with Crippen LogP contribution >= 0.6 is 0 Å². The summed E-state index contributed by atoms with van der Waals surface area (Å²) in [4.78, 5) is 31.3. The van der Waals surface area contributed by atoms with Crippen molar-refractivity contribution in [1.82, 2.24) is 14.7 Å². The van der Waals surface area contributed by atoms with E-state index in [9.17, 15) is 9.59 Å². The minimum absolute atomic E-state index is 0.116. The largest absolute Gasteiger partial charge is 0.368 e. The molecular weight excluding hydrogens is 282 g/mol. The Morgan fingerprint density at radius 1 is 1.27 bits per heavy atom. The maximum Gasteiger partial charge on any atom is 0.251 e. The number of hydrogen-bond donors (Lipinski definition) is 0. The Labute approximate surface area is 132 Å². The molecule has 3 heterocycles. The van der Waals surface area contributed by atoms with Gasteiger partial charge < -0.3 is 14.5 Å². The van der Waals surface area contributed by atoms with Gasteiger partial charge in [-0.2, -0.15) is 0 Å². The van der Waals surface area contributed by atoms with Gasteiger partial charge in [0.1, 0.15) is 11.6 Å². The van der Waals surface area contributed by atoms with E-state index in [0.717, 1.165) is 45.3 Å². The first-order valence-corrected chi connectivity index (χ1v) is 8.49. The number of carbonyl (C=O) groups is 2. The van der Waals surface area contributed by atoms with Gasteiger partial charge in [-0.1, -0.05) is 0 Å². The zero-order valence-electron chi connectivity index (χ0n) is 13.7. The van der Waals surface area contributed by atoms with Gasteiger partial charge in [-0.3, -0.25) is 14.5 Å². The van der Waals surface area contributed by atoms with Gasteiger partial charge in [0.05, 0.1) is 0 Å². The average Bonchev–Trinajstić information content (AvgIpc) is 3.07. The molecule has 3 rings (SSSR count). The molecule has 0 unspecified atom stereocenters. The van der Waals surface area contributed by atoms with Crippen LogP contribution in [0.3, 0.4) is 0 Å². The van der Waals surface area contributed by atoms with E-state index in [2.05, 4.69) is 4.90 Å². The minimum Gasteiger partial charge on any atom is -0.368 e. The molecule has 3 fully saturated rings. The lowest BCUT2D eigenvalue weighted by Gasteiger charge is -2.51. The van der Waals surface area contributed by atoms with Crippen LogP contribution in [0.1, 0.15) is 32.6 Å². The Morgan fingerprint density at radius 3 is 2.59 bits per heavy atom. The van der Waals surface area contributed by atoms with E-state index in [0.29, 0.717) is 19.7 Å². The molecule has 3 aliphatic rings. The predicted molar refractivity (Wildman–Crippen MR) is 82.4 cm³/mol. The van der Waals surface area contributed by atoms with Crippen molar-refractivity contribution >= 4 is 11.8 Å². The van der Waals surface area contributed by atoms with Crippen LogP contribution in [0.4, 0.5) is 0 Å². The molecule has 0 aromatic carbocycles. The van der Waals surface area contributed by atoms with Gasteiger partial charge >= 0.3 is 0 Å². The molecule has 1 spiro atoms. The van der Waals surface area contributed by atoms with E-state index in [1.165, 1.54) is 0 Å². The van der Waals surface area contributed by atoms with Gasteiger partial charge in [0.2, 0.25) is 5.91 Å². The Balaban J connectivity index is 1.66. The fourth-order valence-electron chi connectivity index (χ4n) is 4.01. The highest BCUT2D eigenvalue weighted by molar-refractivity contribution is 5.88. The van der Waals surface area contributed by atoms with Crippen molar-refractivity contribution in [3.8, 4) is 0 Å². The maximum atomic E-state index is 12.8. The normalized spacial score (nSPS) is 29.4. The average molecular weight is 309 g/mol. The summed E-state index contributed by atoms with van der Waals surface area (Å²) in [5, 5.41) is 0. The number of likely N-dealkylation sites (tertiary alicyclic amines) is 1. The molecule has 0 N–H and O–H groups in total. The van der Waals surface area contributed by atoms with Crippen molar-refractivity contribution < 1.29 is 14.3 Å². The van der Waals surface area contributed by atoms with Crippen LogP contribution < -0.4 is 0 Å². The summed E-state index contributed by atoms with van der Waals surface area (Å²) in [6.45, 7) is 6.55. The lowest BCUT2D eigenvalue weighted by molar-refractivity contribution is -0.158. The highest BCUT2D eigenvalue weighted by atomic mass is 16.5. The van der Waals surface area contributed by atoms with Gasteiger partial charge in [0, 0.05) is 39.3 Å². The second-order valence-corrected chi connectivity index (χ2v) is 6.66. The quantitative estimate of drug-likeness (QED) is 0.737. The number of rotatable bonds is 2. The van der Waals surface area contributed by atoms with Crippen molar-refractivity contribution in [3.05, 3.63) is 0 Å². The summed E-state index contributed by atoms with van der Waals surface area (Å²) in [6, 6.07) is 0. The lowest BCUT2D eigenvalue weighted by atomic mass is 9.82. The zero-order chi connectivity index (χ0) is 15.7. The summed E-state index contributed by atoms with van der Waals surface area (Å²) >= 11 is 0. The van der Waals surface area contributed by atoms with E-state index in [1.807, 2.05) is 23.8 Å². The van der Waals surface area contributed by atoms with Crippen LogP contribution in [0, 0.1) is 0 Å². The summed E-state index contributed by atoms with van der Waals surface area (Å²) in [5.41, 5.74) is -0.401. The molecule has 2 amide bonds. The predicted octanol–water partition coefficient (Wildman–Crippen LogP) is 0.321. The van der Waals surface area contributed by atoms with Crippen molar-refractivity contribution in [1.29, 1.82) is 0 Å². The number of amides is 2. The first kappa shape index (κ1) is 15.7. The summed E-state index contributed by atoms with van der Waals surface area (Å²) in [5.74, 6) is 0.360. The second kappa shape index (κ2) is 6.16. The molecule has 3 saturated heterocycles. The van der Waals surface area contributed by atoms with Gasteiger partial charge in [0.25, 0.3) is 5.91 Å². The Hall–Kier alpha value is -1.14. The monoisotopic (exact) mass is 309 g/mol. The Kier molecular flexibility index (Phi) is 4.41. The standard InChI is InChI=1S/C16H27N3O3/c1-3-18-11-10-17(2)16(15(18)21)6-8-19(9-7-16)14(20)13-5-4-12-22-13/h13H,3-12H2,1-2H3/t13-/m0/s1. The van der Waals surface area contributed by atoms with E-state index in [-0.39, 0.29) is 17.9 Å². The first-order valence-electron chi connectivity index (χ1n) is 8.49. The van der Waals surface area contributed by atoms with Crippen LogP contribution in [0.2, 0.25) is 0 Å². The third-order valence-corrected chi connectivity index (χ3v) is 5.61. The lowest BCUT2D eigenvalue weighted by Crippen LogP contribution is -2.68. The van der Waals surface area contributed by atoms with Gasteiger partial charge in [-0.15, -0.1) is 0 Å². The molecule has 0 saturated carbocycles. The first-order chi connectivity index (χ1) is 10.6. The zero-order valence-corrected chi connectivity index (χ0v) is 13.7. The fourth-order valence-corrected chi connectivity index (χ4v) is 4.01. The highest BCUT2D eigenvalue weighted by Gasteiger charge is 2.49. The second-order valence-electron chi connectivity index (χ2n) is 6.66. The summed E-state index contributed by atoms with van der Waals surface area (Å²) in [6.07, 6.45) is 3.03. The topological polar surface area (TPSA) is 53.1 Å². The molecule has 22 heavy (non-hydrogen) atoms. The molecule has 3 aliphatic heterocycles. The van der Waals surface area contributed by atoms with Crippen molar-refractivity contribution in [2.45, 2.75) is 44.2 Å². The highest BCUT2D eigenvalue weighted by Crippen LogP contribution is 2.33. The third kappa shape index (κ3) is 2.52. The SMILES string of the molecule is CCN1CCN(C)C2(CCN(C(=O)[C@@H]3CCCO3)CC2)C1=O. The Bertz CT molecular complexity index is 440. The van der Waals surface area contributed by atoms with Crippen LogP contribution in [-0.4, -0.2) is 84.5 Å². The molecule has 0 bridgehead atoms. The molecule has 0 radical (unpaired) electrons. The molecular formula is C16H27N3O3.